The van der Waals surface area contributed by atoms with Gasteiger partial charge in [0.05, 0.1) is 12.5 Å². The summed E-state index contributed by atoms with van der Waals surface area (Å²) in [4.78, 5) is 0. The minimum Gasteiger partial charge on any atom is -0.490 e. The molecule has 0 spiro atoms. The van der Waals surface area contributed by atoms with Crippen molar-refractivity contribution in [1.29, 1.82) is 0 Å². The Morgan fingerprint density at radius 1 is 1.40 bits per heavy atom. The normalized spacial score (nSPS) is 15.3. The summed E-state index contributed by atoms with van der Waals surface area (Å²) in [7, 11) is 0. The number of alkyl halides is 1. The summed E-state index contributed by atoms with van der Waals surface area (Å²) < 4.78 is 18.8. The SMILES string of the molecule is Fc1cccc(CCl)c1OCCC1CC1. The van der Waals surface area contributed by atoms with Crippen LogP contribution in [0, 0.1) is 11.7 Å². The molecule has 3 heteroatoms. The molecule has 0 aliphatic heterocycles. The van der Waals surface area contributed by atoms with Gasteiger partial charge in [0, 0.05) is 5.56 Å². The molecule has 0 atom stereocenters. The topological polar surface area (TPSA) is 9.23 Å². The molecular weight excluding hydrogens is 215 g/mol. The molecule has 0 unspecified atom stereocenters. The maximum absolute atomic E-state index is 13.4. The van der Waals surface area contributed by atoms with Crippen LogP contribution in [0.25, 0.3) is 0 Å². The summed E-state index contributed by atoms with van der Waals surface area (Å²) in [5.74, 6) is 1.10. The Bertz CT molecular complexity index is 336. The second-order valence-electron chi connectivity index (χ2n) is 3.94. The average Bonchev–Trinajstić information content (AvgIpc) is 3.04. The number of hydrogen-bond donors (Lipinski definition) is 0. The van der Waals surface area contributed by atoms with Gasteiger partial charge in [-0.05, 0) is 18.4 Å². The molecule has 0 saturated heterocycles. The number of benzene rings is 1. The van der Waals surface area contributed by atoms with Crippen molar-refractivity contribution in [3.8, 4) is 5.75 Å². The predicted molar refractivity (Wildman–Crippen MR) is 58.8 cm³/mol. The smallest absolute Gasteiger partial charge is 0.165 e. The van der Waals surface area contributed by atoms with Crippen LogP contribution in [0.15, 0.2) is 18.2 Å². The fourth-order valence-electron chi connectivity index (χ4n) is 1.55. The van der Waals surface area contributed by atoms with Gasteiger partial charge in [-0.15, -0.1) is 11.6 Å². The Morgan fingerprint density at radius 3 is 2.87 bits per heavy atom. The second-order valence-corrected chi connectivity index (χ2v) is 4.21. The van der Waals surface area contributed by atoms with Gasteiger partial charge in [0.15, 0.2) is 11.6 Å². The van der Waals surface area contributed by atoms with E-state index in [-0.39, 0.29) is 11.7 Å². The van der Waals surface area contributed by atoms with Crippen LogP contribution in [0.3, 0.4) is 0 Å². The highest BCUT2D eigenvalue weighted by atomic mass is 35.5. The average molecular weight is 229 g/mol. The Hall–Kier alpha value is -0.760. The molecule has 1 fully saturated rings. The molecule has 1 aromatic carbocycles. The highest BCUT2D eigenvalue weighted by molar-refractivity contribution is 6.17. The van der Waals surface area contributed by atoms with Crippen molar-refractivity contribution in [2.24, 2.45) is 5.92 Å². The van der Waals surface area contributed by atoms with E-state index < -0.39 is 0 Å². The molecule has 1 aromatic rings. The van der Waals surface area contributed by atoms with E-state index in [1.54, 1.807) is 12.1 Å². The molecule has 0 aromatic heterocycles. The van der Waals surface area contributed by atoms with Gasteiger partial charge < -0.3 is 4.74 Å². The minimum absolute atomic E-state index is 0.288. The van der Waals surface area contributed by atoms with Crippen molar-refractivity contribution in [2.45, 2.75) is 25.1 Å². The molecule has 1 nitrogen and oxygen atoms in total. The molecule has 0 N–H and O–H groups in total. The quantitative estimate of drug-likeness (QED) is 0.698. The highest BCUT2D eigenvalue weighted by Gasteiger charge is 2.21. The molecule has 1 aliphatic carbocycles. The van der Waals surface area contributed by atoms with Gasteiger partial charge >= 0.3 is 0 Å². The zero-order valence-electron chi connectivity index (χ0n) is 8.51. The van der Waals surface area contributed by atoms with Crippen molar-refractivity contribution in [2.75, 3.05) is 6.61 Å². The van der Waals surface area contributed by atoms with Crippen LogP contribution in [0.5, 0.6) is 5.75 Å². The van der Waals surface area contributed by atoms with Crippen LogP contribution in [0.2, 0.25) is 0 Å². The van der Waals surface area contributed by atoms with E-state index >= 15 is 0 Å². The lowest BCUT2D eigenvalue weighted by molar-refractivity contribution is 0.286. The van der Waals surface area contributed by atoms with Gasteiger partial charge in [0.2, 0.25) is 0 Å². The summed E-state index contributed by atoms with van der Waals surface area (Å²) in [5, 5.41) is 0. The first-order valence-electron chi connectivity index (χ1n) is 5.27. The van der Waals surface area contributed by atoms with E-state index in [2.05, 4.69) is 0 Å². The Kier molecular flexibility index (Phi) is 3.47. The molecule has 1 saturated carbocycles. The van der Waals surface area contributed by atoms with Gasteiger partial charge in [0.25, 0.3) is 0 Å². The van der Waals surface area contributed by atoms with Crippen molar-refractivity contribution in [3.05, 3.63) is 29.6 Å². The zero-order valence-corrected chi connectivity index (χ0v) is 9.27. The van der Waals surface area contributed by atoms with Gasteiger partial charge in [-0.25, -0.2) is 4.39 Å². The fourth-order valence-corrected chi connectivity index (χ4v) is 1.77. The first-order valence-corrected chi connectivity index (χ1v) is 5.81. The number of halogens is 2. The van der Waals surface area contributed by atoms with E-state index in [4.69, 9.17) is 16.3 Å². The van der Waals surface area contributed by atoms with Gasteiger partial charge in [-0.2, -0.15) is 0 Å². The van der Waals surface area contributed by atoms with E-state index in [0.717, 1.165) is 17.9 Å². The molecule has 15 heavy (non-hydrogen) atoms. The molecule has 0 amide bonds. The van der Waals surface area contributed by atoms with Gasteiger partial charge in [0.1, 0.15) is 0 Å². The second kappa shape index (κ2) is 4.84. The molecule has 82 valence electrons. The molecule has 2 rings (SSSR count). The Morgan fingerprint density at radius 2 is 2.20 bits per heavy atom. The number of hydrogen-bond acceptors (Lipinski definition) is 1. The van der Waals surface area contributed by atoms with Crippen LogP contribution in [-0.4, -0.2) is 6.61 Å². The predicted octanol–water partition coefficient (Wildman–Crippen LogP) is 3.74. The lowest BCUT2D eigenvalue weighted by atomic mass is 10.2. The Balaban J connectivity index is 1.97. The van der Waals surface area contributed by atoms with Crippen LogP contribution in [0.1, 0.15) is 24.8 Å². The van der Waals surface area contributed by atoms with Crippen LogP contribution < -0.4 is 4.74 Å². The highest BCUT2D eigenvalue weighted by Crippen LogP contribution is 2.33. The van der Waals surface area contributed by atoms with Crippen LogP contribution in [-0.2, 0) is 5.88 Å². The third-order valence-corrected chi connectivity index (χ3v) is 2.95. The maximum Gasteiger partial charge on any atom is 0.165 e. The minimum atomic E-state index is -0.316. The molecule has 1 aliphatic rings. The van der Waals surface area contributed by atoms with Crippen molar-refractivity contribution in [3.63, 3.8) is 0 Å². The molecule has 0 bridgehead atoms. The van der Waals surface area contributed by atoms with Crippen molar-refractivity contribution in [1.82, 2.24) is 0 Å². The summed E-state index contributed by atoms with van der Waals surface area (Å²) in [6.45, 7) is 0.593. The first kappa shape index (κ1) is 10.7. The van der Waals surface area contributed by atoms with Gasteiger partial charge in [-0.1, -0.05) is 25.0 Å². The first-order chi connectivity index (χ1) is 7.31. The van der Waals surface area contributed by atoms with Crippen LogP contribution >= 0.6 is 11.6 Å². The van der Waals surface area contributed by atoms with Gasteiger partial charge in [-0.3, -0.25) is 0 Å². The lowest BCUT2D eigenvalue weighted by Crippen LogP contribution is -2.02. The number of ether oxygens (including phenoxy) is 1. The lowest BCUT2D eigenvalue weighted by Gasteiger charge is -2.10. The summed E-state index contributed by atoms with van der Waals surface area (Å²) in [6.07, 6.45) is 3.61. The Labute approximate surface area is 94.2 Å². The van der Waals surface area contributed by atoms with Crippen molar-refractivity contribution >= 4 is 11.6 Å². The largest absolute Gasteiger partial charge is 0.490 e. The van der Waals surface area contributed by atoms with E-state index in [0.29, 0.717) is 12.4 Å². The molecule has 0 radical (unpaired) electrons. The number of rotatable bonds is 5. The third-order valence-electron chi connectivity index (χ3n) is 2.66. The van der Waals surface area contributed by atoms with E-state index in [9.17, 15) is 4.39 Å². The summed E-state index contributed by atoms with van der Waals surface area (Å²) >= 11 is 5.71. The monoisotopic (exact) mass is 228 g/mol. The van der Waals surface area contributed by atoms with Crippen LogP contribution in [0.4, 0.5) is 4.39 Å². The summed E-state index contributed by atoms with van der Waals surface area (Å²) in [6, 6.07) is 4.85. The molecule has 0 heterocycles. The van der Waals surface area contributed by atoms with Crippen molar-refractivity contribution < 1.29 is 9.13 Å². The zero-order chi connectivity index (χ0) is 10.7. The van der Waals surface area contributed by atoms with E-state index in [1.807, 2.05) is 0 Å². The standard InChI is InChI=1S/C12H14ClFO/c13-8-10-2-1-3-11(14)12(10)15-7-6-9-4-5-9/h1-3,9H,4-8H2. The fraction of sp³-hybridized carbons (Fsp3) is 0.500. The van der Waals surface area contributed by atoms with E-state index in [1.165, 1.54) is 18.9 Å². The number of para-hydroxylation sites is 1. The third kappa shape index (κ3) is 2.85. The summed E-state index contributed by atoms with van der Waals surface area (Å²) in [5.41, 5.74) is 0.729. The molecular formula is C12H14ClFO. The maximum atomic E-state index is 13.4.